The number of halogens is 3. The molecular formula is C10H6F3N3O3. The van der Waals surface area contributed by atoms with Crippen molar-refractivity contribution in [2.45, 2.75) is 6.18 Å². The topological polar surface area (TPSA) is 88.2 Å². The molecule has 0 fully saturated rings. The summed E-state index contributed by atoms with van der Waals surface area (Å²) in [6.45, 7) is 0. The van der Waals surface area contributed by atoms with E-state index in [1.807, 2.05) is 0 Å². The van der Waals surface area contributed by atoms with Gasteiger partial charge in [0.1, 0.15) is 0 Å². The molecule has 9 heteroatoms. The van der Waals surface area contributed by atoms with E-state index in [1.54, 1.807) is 0 Å². The fourth-order valence-electron chi connectivity index (χ4n) is 1.21. The molecule has 0 amide bonds. The van der Waals surface area contributed by atoms with Crippen molar-refractivity contribution in [2.75, 3.05) is 5.32 Å². The number of carbonyl (C=O) groups is 1. The number of alkyl halides is 3. The number of aromatic nitrogens is 2. The number of rotatable bonds is 3. The van der Waals surface area contributed by atoms with E-state index in [-0.39, 0.29) is 11.5 Å². The highest BCUT2D eigenvalue weighted by molar-refractivity contribution is 5.88. The minimum Gasteiger partial charge on any atom is -0.478 e. The van der Waals surface area contributed by atoms with Gasteiger partial charge < -0.3 is 14.9 Å². The molecule has 0 atom stereocenters. The zero-order valence-electron chi connectivity index (χ0n) is 9.10. The number of hydrogen-bond acceptors (Lipinski definition) is 5. The summed E-state index contributed by atoms with van der Waals surface area (Å²) in [5, 5.41) is 14.2. The van der Waals surface area contributed by atoms with Gasteiger partial charge in [0.2, 0.25) is 0 Å². The van der Waals surface area contributed by atoms with E-state index in [0.29, 0.717) is 5.69 Å². The number of carboxylic acid groups (broad SMARTS) is 1. The Morgan fingerprint density at radius 1 is 1.26 bits per heavy atom. The zero-order valence-corrected chi connectivity index (χ0v) is 9.10. The van der Waals surface area contributed by atoms with E-state index in [4.69, 9.17) is 5.11 Å². The normalized spacial score (nSPS) is 11.3. The van der Waals surface area contributed by atoms with Gasteiger partial charge in [0.05, 0.1) is 5.56 Å². The molecule has 2 rings (SSSR count). The molecule has 0 unspecified atom stereocenters. The predicted molar refractivity (Wildman–Crippen MR) is 56.0 cm³/mol. The summed E-state index contributed by atoms with van der Waals surface area (Å²) in [5.74, 6) is -2.93. The van der Waals surface area contributed by atoms with Crippen LogP contribution in [-0.2, 0) is 6.18 Å². The Hall–Kier alpha value is -2.58. The summed E-state index contributed by atoms with van der Waals surface area (Å²) in [7, 11) is 0. The van der Waals surface area contributed by atoms with E-state index in [2.05, 4.69) is 20.0 Å². The molecule has 0 radical (unpaired) electrons. The summed E-state index contributed by atoms with van der Waals surface area (Å²) >= 11 is 0. The summed E-state index contributed by atoms with van der Waals surface area (Å²) in [5.41, 5.74) is 0.383. The Morgan fingerprint density at radius 3 is 2.37 bits per heavy atom. The highest BCUT2D eigenvalue weighted by Gasteiger charge is 2.38. The lowest BCUT2D eigenvalue weighted by molar-refractivity contribution is -0.159. The van der Waals surface area contributed by atoms with Gasteiger partial charge in [-0.25, -0.2) is 4.79 Å². The molecule has 6 nitrogen and oxygen atoms in total. The Bertz CT molecular complexity index is 592. The second kappa shape index (κ2) is 4.59. The molecule has 0 spiro atoms. The van der Waals surface area contributed by atoms with Crippen molar-refractivity contribution in [3.8, 4) is 0 Å². The monoisotopic (exact) mass is 273 g/mol. The van der Waals surface area contributed by atoms with Crippen molar-refractivity contribution < 1.29 is 27.6 Å². The molecule has 2 aromatic rings. The van der Waals surface area contributed by atoms with Crippen LogP contribution >= 0.6 is 0 Å². The maximum absolute atomic E-state index is 12.2. The zero-order chi connectivity index (χ0) is 14.0. The SMILES string of the molecule is O=C(O)c1ccc(Nc2noc(C(F)(F)F)n2)cc1. The van der Waals surface area contributed by atoms with Gasteiger partial charge in [-0.3, -0.25) is 0 Å². The standard InChI is InChI=1S/C10H6F3N3O3/c11-10(12,13)8-15-9(16-19-8)14-6-3-1-5(2-4-6)7(17)18/h1-4H,(H,14,16)(H,17,18). The summed E-state index contributed by atoms with van der Waals surface area (Å²) < 4.78 is 40.6. The summed E-state index contributed by atoms with van der Waals surface area (Å²) in [6.07, 6.45) is -4.71. The number of benzene rings is 1. The molecule has 1 heterocycles. The Balaban J connectivity index is 2.13. The largest absolute Gasteiger partial charge is 0.478 e. The van der Waals surface area contributed by atoms with Crippen LogP contribution in [0.1, 0.15) is 16.2 Å². The van der Waals surface area contributed by atoms with E-state index in [9.17, 15) is 18.0 Å². The van der Waals surface area contributed by atoms with Crippen LogP contribution in [0.25, 0.3) is 0 Å². The maximum Gasteiger partial charge on any atom is 0.471 e. The molecule has 0 saturated heterocycles. The smallest absolute Gasteiger partial charge is 0.471 e. The van der Waals surface area contributed by atoms with Gasteiger partial charge in [0.25, 0.3) is 5.95 Å². The first-order valence-electron chi connectivity index (χ1n) is 4.87. The number of nitrogens with zero attached hydrogens (tertiary/aromatic N) is 2. The van der Waals surface area contributed by atoms with Crippen molar-refractivity contribution in [1.82, 2.24) is 10.1 Å². The highest BCUT2D eigenvalue weighted by atomic mass is 19.4. The lowest BCUT2D eigenvalue weighted by Crippen LogP contribution is -2.05. The van der Waals surface area contributed by atoms with Crippen molar-refractivity contribution in [2.24, 2.45) is 0 Å². The van der Waals surface area contributed by atoms with Crippen molar-refractivity contribution in [3.63, 3.8) is 0 Å². The van der Waals surface area contributed by atoms with Crippen LogP contribution in [0.3, 0.4) is 0 Å². The number of nitrogens with one attached hydrogen (secondary N) is 1. The van der Waals surface area contributed by atoms with Crippen LogP contribution in [0.4, 0.5) is 24.8 Å². The third-order valence-electron chi connectivity index (χ3n) is 2.06. The second-order valence-electron chi connectivity index (χ2n) is 3.43. The third kappa shape index (κ3) is 3.00. The van der Waals surface area contributed by atoms with Crippen LogP contribution < -0.4 is 5.32 Å². The van der Waals surface area contributed by atoms with Gasteiger partial charge in [0, 0.05) is 5.69 Å². The number of aromatic carboxylic acids is 1. The van der Waals surface area contributed by atoms with Gasteiger partial charge in [-0.1, -0.05) is 0 Å². The first-order chi connectivity index (χ1) is 8.86. The lowest BCUT2D eigenvalue weighted by Gasteiger charge is -2.01. The Labute approximate surface area is 103 Å². The van der Waals surface area contributed by atoms with E-state index >= 15 is 0 Å². The summed E-state index contributed by atoms with van der Waals surface area (Å²) in [6, 6.07) is 5.31. The van der Waals surface area contributed by atoms with Gasteiger partial charge in [-0.05, 0) is 29.4 Å². The molecule has 0 aliphatic rings. The average molecular weight is 273 g/mol. The van der Waals surface area contributed by atoms with Crippen LogP contribution in [0.5, 0.6) is 0 Å². The molecule has 0 saturated carbocycles. The molecule has 1 aromatic heterocycles. The third-order valence-corrected chi connectivity index (χ3v) is 2.06. The molecule has 0 aliphatic heterocycles. The molecule has 0 bridgehead atoms. The molecule has 1 aromatic carbocycles. The fourth-order valence-corrected chi connectivity index (χ4v) is 1.21. The van der Waals surface area contributed by atoms with Gasteiger partial charge >= 0.3 is 18.0 Å². The number of carboxylic acids is 1. The van der Waals surface area contributed by atoms with Crippen LogP contribution in [-0.4, -0.2) is 21.2 Å². The quantitative estimate of drug-likeness (QED) is 0.893. The maximum atomic E-state index is 12.2. The Kier molecular flexibility index (Phi) is 3.11. The van der Waals surface area contributed by atoms with Gasteiger partial charge in [-0.2, -0.15) is 18.2 Å². The first-order valence-corrected chi connectivity index (χ1v) is 4.87. The average Bonchev–Trinajstić information content (AvgIpc) is 2.78. The van der Waals surface area contributed by atoms with Crippen molar-refractivity contribution in [3.05, 3.63) is 35.7 Å². The van der Waals surface area contributed by atoms with E-state index in [1.165, 1.54) is 24.3 Å². The van der Waals surface area contributed by atoms with E-state index in [0.717, 1.165) is 0 Å². The minimum atomic E-state index is -4.71. The number of anilines is 2. The van der Waals surface area contributed by atoms with Crippen molar-refractivity contribution >= 4 is 17.6 Å². The lowest BCUT2D eigenvalue weighted by atomic mass is 10.2. The van der Waals surface area contributed by atoms with Crippen LogP contribution in [0.15, 0.2) is 28.8 Å². The predicted octanol–water partition coefficient (Wildman–Crippen LogP) is 2.53. The molecule has 19 heavy (non-hydrogen) atoms. The number of hydrogen-bond donors (Lipinski definition) is 2. The van der Waals surface area contributed by atoms with Crippen molar-refractivity contribution in [1.29, 1.82) is 0 Å². The minimum absolute atomic E-state index is 0.0506. The Morgan fingerprint density at radius 2 is 1.89 bits per heavy atom. The molecule has 100 valence electrons. The highest BCUT2D eigenvalue weighted by Crippen LogP contribution is 2.28. The van der Waals surface area contributed by atoms with Crippen LogP contribution in [0.2, 0.25) is 0 Å². The molecular weight excluding hydrogens is 267 g/mol. The van der Waals surface area contributed by atoms with Crippen LogP contribution in [0, 0.1) is 0 Å². The molecule has 0 aliphatic carbocycles. The summed E-state index contributed by atoms with van der Waals surface area (Å²) in [4.78, 5) is 13.7. The van der Waals surface area contributed by atoms with Gasteiger partial charge in [0.15, 0.2) is 0 Å². The van der Waals surface area contributed by atoms with E-state index < -0.39 is 18.0 Å². The first kappa shape index (κ1) is 12.9. The fraction of sp³-hybridized carbons (Fsp3) is 0.100. The molecule has 2 N–H and O–H groups in total. The second-order valence-corrected chi connectivity index (χ2v) is 3.43. The van der Waals surface area contributed by atoms with Gasteiger partial charge in [-0.15, -0.1) is 0 Å².